The van der Waals surface area contributed by atoms with Gasteiger partial charge in [0, 0.05) is 18.3 Å². The number of fused-ring (bicyclic) bond motifs is 2. The highest BCUT2D eigenvalue weighted by Gasteiger charge is 2.37. The fraction of sp³-hybridized carbons (Fsp3) is 0.385. The van der Waals surface area contributed by atoms with Crippen LogP contribution >= 0.6 is 0 Å². The molecule has 0 unspecified atom stereocenters. The molecule has 2 heterocycles. The van der Waals surface area contributed by atoms with Crippen molar-refractivity contribution in [2.45, 2.75) is 34.1 Å². The zero-order chi connectivity index (χ0) is 23.6. The van der Waals surface area contributed by atoms with E-state index in [1.54, 1.807) is 23.1 Å². The molecule has 0 aliphatic carbocycles. The Balaban J connectivity index is 1.52. The summed E-state index contributed by atoms with van der Waals surface area (Å²) >= 11 is 0. The second-order valence-electron chi connectivity index (χ2n) is 9.43. The Labute approximate surface area is 194 Å². The van der Waals surface area contributed by atoms with Gasteiger partial charge in [-0.2, -0.15) is 0 Å². The Morgan fingerprint density at radius 1 is 1.09 bits per heavy atom. The van der Waals surface area contributed by atoms with E-state index in [1.807, 2.05) is 38.1 Å². The van der Waals surface area contributed by atoms with Gasteiger partial charge in [0.15, 0.2) is 11.5 Å². The normalized spacial score (nSPS) is 16.5. The van der Waals surface area contributed by atoms with Gasteiger partial charge in [-0.15, -0.1) is 0 Å². The molecule has 7 heteroatoms. The van der Waals surface area contributed by atoms with E-state index >= 15 is 0 Å². The summed E-state index contributed by atoms with van der Waals surface area (Å²) < 4.78 is 16.6. The Morgan fingerprint density at radius 3 is 2.64 bits per heavy atom. The van der Waals surface area contributed by atoms with E-state index in [0.29, 0.717) is 47.7 Å². The smallest absolute Gasteiger partial charge is 0.248 e. The van der Waals surface area contributed by atoms with Gasteiger partial charge in [0.1, 0.15) is 12.4 Å². The van der Waals surface area contributed by atoms with Crippen molar-refractivity contribution in [2.24, 2.45) is 11.3 Å². The second kappa shape index (κ2) is 9.17. The predicted octanol–water partition coefficient (Wildman–Crippen LogP) is 4.86. The molecular formula is C26H30N2O5. The molecule has 2 aromatic carbocycles. The summed E-state index contributed by atoms with van der Waals surface area (Å²) in [7, 11) is 0. The Hall–Kier alpha value is -3.48. The third-order valence-corrected chi connectivity index (χ3v) is 5.68. The highest BCUT2D eigenvalue weighted by Crippen LogP contribution is 2.38. The molecule has 4 rings (SSSR count). The van der Waals surface area contributed by atoms with Crippen LogP contribution in [0.25, 0.3) is 6.08 Å². The molecule has 7 nitrogen and oxygen atoms in total. The van der Waals surface area contributed by atoms with Gasteiger partial charge in [-0.3, -0.25) is 9.59 Å². The van der Waals surface area contributed by atoms with Crippen LogP contribution in [-0.2, 0) is 9.59 Å². The molecule has 0 saturated heterocycles. The molecule has 2 aliphatic rings. The third kappa shape index (κ3) is 5.13. The minimum Gasteiger partial charge on any atom is -0.490 e. The molecular weight excluding hydrogens is 420 g/mol. The highest BCUT2D eigenvalue weighted by atomic mass is 16.7. The number of nitrogens with zero attached hydrogens (tertiary/aromatic N) is 1. The van der Waals surface area contributed by atoms with Gasteiger partial charge in [0.25, 0.3) is 0 Å². The quantitative estimate of drug-likeness (QED) is 0.636. The van der Waals surface area contributed by atoms with E-state index in [2.05, 4.69) is 19.2 Å². The molecule has 1 N–H and O–H groups in total. The first-order valence-corrected chi connectivity index (χ1v) is 11.2. The van der Waals surface area contributed by atoms with Gasteiger partial charge in [0.2, 0.25) is 18.6 Å². The summed E-state index contributed by atoms with van der Waals surface area (Å²) in [4.78, 5) is 27.6. The van der Waals surface area contributed by atoms with Crippen molar-refractivity contribution < 1.29 is 23.8 Å². The zero-order valence-corrected chi connectivity index (χ0v) is 19.5. The van der Waals surface area contributed by atoms with E-state index in [4.69, 9.17) is 14.2 Å². The van der Waals surface area contributed by atoms with Gasteiger partial charge in [-0.05, 0) is 68.2 Å². The monoisotopic (exact) mass is 450 g/mol. The predicted molar refractivity (Wildman–Crippen MR) is 128 cm³/mol. The molecule has 2 aromatic rings. The minimum atomic E-state index is -0.632. The molecule has 0 atom stereocenters. The zero-order valence-electron chi connectivity index (χ0n) is 19.5. The van der Waals surface area contributed by atoms with Crippen molar-refractivity contribution >= 4 is 29.3 Å². The largest absolute Gasteiger partial charge is 0.490 e. The fourth-order valence-corrected chi connectivity index (χ4v) is 3.70. The molecule has 2 aliphatic heterocycles. The topological polar surface area (TPSA) is 77.1 Å². The molecule has 0 aromatic heterocycles. The number of benzene rings is 2. The third-order valence-electron chi connectivity index (χ3n) is 5.68. The van der Waals surface area contributed by atoms with Crippen molar-refractivity contribution in [3.05, 3.63) is 48.0 Å². The first-order valence-electron chi connectivity index (χ1n) is 11.2. The number of carbonyl (C=O) groups excluding carboxylic acids is 2. The lowest BCUT2D eigenvalue weighted by Crippen LogP contribution is -2.42. The van der Waals surface area contributed by atoms with E-state index in [-0.39, 0.29) is 18.6 Å². The number of rotatable bonds is 6. The van der Waals surface area contributed by atoms with E-state index < -0.39 is 5.41 Å². The van der Waals surface area contributed by atoms with E-state index in [1.165, 1.54) is 6.08 Å². The van der Waals surface area contributed by atoms with Crippen LogP contribution in [0, 0.1) is 11.3 Å². The van der Waals surface area contributed by atoms with Gasteiger partial charge < -0.3 is 24.4 Å². The minimum absolute atomic E-state index is 0.0214. The summed E-state index contributed by atoms with van der Waals surface area (Å²) in [6.07, 6.45) is 4.05. The fourth-order valence-electron chi connectivity index (χ4n) is 3.70. The maximum absolute atomic E-state index is 13.2. The van der Waals surface area contributed by atoms with Crippen LogP contribution in [0.1, 0.15) is 39.7 Å². The average molecular weight is 451 g/mol. The number of hydrogen-bond acceptors (Lipinski definition) is 5. The van der Waals surface area contributed by atoms with Gasteiger partial charge in [0.05, 0.1) is 11.1 Å². The molecule has 0 radical (unpaired) electrons. The maximum Gasteiger partial charge on any atom is 0.248 e. The van der Waals surface area contributed by atoms with Crippen LogP contribution in [-0.4, -0.2) is 31.8 Å². The standard InChI is InChI=1S/C26H30N2O5/c1-17(2)11-12-28-20-14-19(7-9-21(20)31-15-26(3,4)25(28)30)27-24(29)10-6-18-5-8-22-23(13-18)33-16-32-22/h5-10,13-14,17H,11-12,15-16H2,1-4H3,(H,27,29)/b10-6+. The molecule has 2 amide bonds. The lowest BCUT2D eigenvalue weighted by atomic mass is 9.92. The first kappa shape index (κ1) is 22.7. The number of carbonyl (C=O) groups is 2. The summed E-state index contributed by atoms with van der Waals surface area (Å²) in [5.74, 6) is 2.21. The van der Waals surface area contributed by atoms with Crippen molar-refractivity contribution in [1.82, 2.24) is 0 Å². The van der Waals surface area contributed by atoms with Crippen LogP contribution in [0.2, 0.25) is 0 Å². The van der Waals surface area contributed by atoms with Crippen molar-refractivity contribution in [3.8, 4) is 17.2 Å². The Kier molecular flexibility index (Phi) is 6.31. The average Bonchev–Trinajstić information content (AvgIpc) is 3.21. The van der Waals surface area contributed by atoms with Crippen molar-refractivity contribution in [3.63, 3.8) is 0 Å². The summed E-state index contributed by atoms with van der Waals surface area (Å²) in [5.41, 5.74) is 1.48. The molecule has 0 fully saturated rings. The Bertz CT molecular complexity index is 1090. The highest BCUT2D eigenvalue weighted by molar-refractivity contribution is 6.04. The van der Waals surface area contributed by atoms with Crippen LogP contribution in [0.4, 0.5) is 11.4 Å². The van der Waals surface area contributed by atoms with Crippen LogP contribution < -0.4 is 24.4 Å². The lowest BCUT2D eigenvalue weighted by molar-refractivity contribution is -0.127. The summed E-state index contributed by atoms with van der Waals surface area (Å²) in [6, 6.07) is 10.9. The number of hydrogen-bond donors (Lipinski definition) is 1. The number of anilines is 2. The molecule has 0 bridgehead atoms. The van der Waals surface area contributed by atoms with Crippen molar-refractivity contribution in [1.29, 1.82) is 0 Å². The second-order valence-corrected chi connectivity index (χ2v) is 9.43. The maximum atomic E-state index is 13.2. The summed E-state index contributed by atoms with van der Waals surface area (Å²) in [5, 5.41) is 2.88. The van der Waals surface area contributed by atoms with Crippen LogP contribution in [0.5, 0.6) is 17.2 Å². The molecule has 0 saturated carbocycles. The van der Waals surface area contributed by atoms with E-state index in [0.717, 1.165) is 12.0 Å². The van der Waals surface area contributed by atoms with Crippen LogP contribution in [0.3, 0.4) is 0 Å². The van der Waals surface area contributed by atoms with Gasteiger partial charge in [-0.25, -0.2) is 0 Å². The first-order chi connectivity index (χ1) is 15.7. The molecule has 0 spiro atoms. The number of amides is 2. The summed E-state index contributed by atoms with van der Waals surface area (Å²) in [6.45, 7) is 9.17. The number of nitrogens with one attached hydrogen (secondary N) is 1. The van der Waals surface area contributed by atoms with Crippen molar-refractivity contribution in [2.75, 3.05) is 30.2 Å². The molecule has 33 heavy (non-hydrogen) atoms. The number of ether oxygens (including phenoxy) is 3. The lowest BCUT2D eigenvalue weighted by Gasteiger charge is -2.28. The van der Waals surface area contributed by atoms with E-state index in [9.17, 15) is 9.59 Å². The Morgan fingerprint density at radius 2 is 1.85 bits per heavy atom. The van der Waals surface area contributed by atoms with Gasteiger partial charge >= 0.3 is 0 Å². The SMILES string of the molecule is CC(C)CCN1C(=O)C(C)(C)COc2ccc(NC(=O)/C=C/c3ccc4c(c3)OCO4)cc21. The van der Waals surface area contributed by atoms with Gasteiger partial charge in [-0.1, -0.05) is 19.9 Å². The van der Waals surface area contributed by atoms with Crippen LogP contribution in [0.15, 0.2) is 42.5 Å². The molecule has 174 valence electrons.